The second-order valence-corrected chi connectivity index (χ2v) is 6.79. The minimum absolute atomic E-state index is 0. The first kappa shape index (κ1) is 21.5. The van der Waals surface area contributed by atoms with Crippen LogP contribution in [0.3, 0.4) is 0 Å². The summed E-state index contributed by atoms with van der Waals surface area (Å²) >= 11 is 0. The molecular formula is C23H26ClN3O. The number of hydrogen-bond acceptors (Lipinski definition) is 3. The van der Waals surface area contributed by atoms with Crippen LogP contribution in [0.25, 0.3) is 11.3 Å². The van der Waals surface area contributed by atoms with Crippen LogP contribution in [0.1, 0.15) is 29.2 Å². The Morgan fingerprint density at radius 2 is 1.71 bits per heavy atom. The summed E-state index contributed by atoms with van der Waals surface area (Å²) in [7, 11) is 0. The fraction of sp³-hybridized carbons (Fsp3) is 0.217. The number of para-hydroxylation sites is 1. The molecule has 146 valence electrons. The van der Waals surface area contributed by atoms with Crippen LogP contribution in [0.4, 0.5) is 5.69 Å². The zero-order chi connectivity index (χ0) is 19.4. The van der Waals surface area contributed by atoms with Crippen LogP contribution >= 0.6 is 12.4 Å². The van der Waals surface area contributed by atoms with Gasteiger partial charge in [0.15, 0.2) is 0 Å². The molecule has 0 atom stereocenters. The van der Waals surface area contributed by atoms with Gasteiger partial charge in [-0.05, 0) is 62.6 Å². The summed E-state index contributed by atoms with van der Waals surface area (Å²) in [4.78, 5) is 8.99. The van der Waals surface area contributed by atoms with Gasteiger partial charge in [-0.25, -0.2) is 4.99 Å². The summed E-state index contributed by atoms with van der Waals surface area (Å²) < 4.78 is 6.20. The molecule has 0 saturated heterocycles. The Morgan fingerprint density at radius 1 is 1.04 bits per heavy atom. The SMILES string of the molecule is CC(N)=Nc1ccccc1-c1ncccc1OCc1c(C)cc(C)cc1C.Cl. The molecular weight excluding hydrogens is 370 g/mol. The standard InChI is InChI=1S/C23H25N3O.ClH/c1-15-12-16(2)20(17(3)13-15)14-27-22-10-7-11-25-23(22)19-8-5-6-9-21(19)26-18(4)24;/h5-13H,14H2,1-4H3,(H2,24,26);1H. The maximum absolute atomic E-state index is 6.20. The topological polar surface area (TPSA) is 60.5 Å². The van der Waals surface area contributed by atoms with Crippen molar-refractivity contribution in [3.63, 3.8) is 0 Å². The molecule has 0 fully saturated rings. The van der Waals surface area contributed by atoms with E-state index in [1.807, 2.05) is 36.4 Å². The molecule has 1 aromatic heterocycles. The quantitative estimate of drug-likeness (QED) is 0.446. The number of amidine groups is 1. The molecule has 3 rings (SSSR count). The van der Waals surface area contributed by atoms with Gasteiger partial charge in [-0.3, -0.25) is 4.98 Å². The Kier molecular flexibility index (Phi) is 7.18. The van der Waals surface area contributed by atoms with E-state index in [4.69, 9.17) is 10.5 Å². The summed E-state index contributed by atoms with van der Waals surface area (Å²) in [5, 5.41) is 0. The number of pyridine rings is 1. The maximum atomic E-state index is 6.20. The first-order valence-corrected chi connectivity index (χ1v) is 9.00. The van der Waals surface area contributed by atoms with Crippen molar-refractivity contribution < 1.29 is 4.74 Å². The number of hydrogen-bond donors (Lipinski definition) is 1. The molecule has 0 unspecified atom stereocenters. The Morgan fingerprint density at radius 3 is 2.39 bits per heavy atom. The van der Waals surface area contributed by atoms with Crippen molar-refractivity contribution in [1.29, 1.82) is 0 Å². The van der Waals surface area contributed by atoms with Gasteiger partial charge in [0.05, 0.1) is 11.5 Å². The molecule has 0 amide bonds. The molecule has 0 bridgehead atoms. The maximum Gasteiger partial charge on any atom is 0.146 e. The van der Waals surface area contributed by atoms with Crippen molar-refractivity contribution in [1.82, 2.24) is 4.98 Å². The molecule has 28 heavy (non-hydrogen) atoms. The third-order valence-electron chi connectivity index (χ3n) is 4.44. The molecule has 2 N–H and O–H groups in total. The zero-order valence-corrected chi connectivity index (χ0v) is 17.5. The van der Waals surface area contributed by atoms with E-state index in [0.29, 0.717) is 12.4 Å². The molecule has 2 aromatic carbocycles. The fourth-order valence-corrected chi connectivity index (χ4v) is 3.26. The summed E-state index contributed by atoms with van der Waals surface area (Å²) in [5.74, 6) is 1.24. The van der Waals surface area contributed by atoms with Crippen LogP contribution in [0.15, 0.2) is 59.7 Å². The first-order valence-electron chi connectivity index (χ1n) is 9.00. The Balaban J connectivity index is 0.00000280. The van der Waals surface area contributed by atoms with Gasteiger partial charge < -0.3 is 10.5 Å². The van der Waals surface area contributed by atoms with Crippen LogP contribution in [0, 0.1) is 20.8 Å². The summed E-state index contributed by atoms with van der Waals surface area (Å²) in [6.07, 6.45) is 1.76. The van der Waals surface area contributed by atoms with Crippen LogP contribution in [0.5, 0.6) is 5.75 Å². The Labute approximate surface area is 172 Å². The number of ether oxygens (including phenoxy) is 1. The largest absolute Gasteiger partial charge is 0.487 e. The predicted molar refractivity (Wildman–Crippen MR) is 119 cm³/mol. The van der Waals surface area contributed by atoms with E-state index >= 15 is 0 Å². The molecule has 0 saturated carbocycles. The van der Waals surface area contributed by atoms with E-state index in [-0.39, 0.29) is 12.4 Å². The highest BCUT2D eigenvalue weighted by molar-refractivity contribution is 5.86. The molecule has 0 radical (unpaired) electrons. The highest BCUT2D eigenvalue weighted by atomic mass is 35.5. The van der Waals surface area contributed by atoms with Gasteiger partial charge in [-0.15, -0.1) is 12.4 Å². The van der Waals surface area contributed by atoms with Gasteiger partial charge in [-0.2, -0.15) is 0 Å². The highest BCUT2D eigenvalue weighted by Gasteiger charge is 2.13. The number of aromatic nitrogens is 1. The van der Waals surface area contributed by atoms with E-state index in [9.17, 15) is 0 Å². The third kappa shape index (κ3) is 4.90. The lowest BCUT2D eigenvalue weighted by Gasteiger charge is -2.15. The number of nitrogens with zero attached hydrogens (tertiary/aromatic N) is 2. The summed E-state index contributed by atoms with van der Waals surface area (Å²) in [5.41, 5.74) is 13.2. The molecule has 0 aliphatic heterocycles. The van der Waals surface area contributed by atoms with E-state index in [0.717, 1.165) is 22.7 Å². The molecule has 5 heteroatoms. The van der Waals surface area contributed by atoms with Gasteiger partial charge in [0, 0.05) is 11.8 Å². The number of aliphatic imine (C=N–C) groups is 1. The first-order chi connectivity index (χ1) is 13.0. The van der Waals surface area contributed by atoms with E-state index in [2.05, 4.69) is 42.9 Å². The van der Waals surface area contributed by atoms with Crippen molar-refractivity contribution in [3.8, 4) is 17.0 Å². The third-order valence-corrected chi connectivity index (χ3v) is 4.44. The van der Waals surface area contributed by atoms with Crippen molar-refractivity contribution in [3.05, 3.63) is 77.0 Å². The predicted octanol–water partition coefficient (Wildman–Crippen LogP) is 5.68. The van der Waals surface area contributed by atoms with Gasteiger partial charge in [0.2, 0.25) is 0 Å². The van der Waals surface area contributed by atoms with Crippen molar-refractivity contribution in [2.24, 2.45) is 10.7 Å². The highest BCUT2D eigenvalue weighted by Crippen LogP contribution is 2.35. The minimum atomic E-state index is 0. The van der Waals surface area contributed by atoms with E-state index in [1.54, 1.807) is 13.1 Å². The molecule has 1 heterocycles. The second-order valence-electron chi connectivity index (χ2n) is 6.79. The van der Waals surface area contributed by atoms with Crippen molar-refractivity contribution in [2.45, 2.75) is 34.3 Å². The minimum Gasteiger partial charge on any atom is -0.487 e. The number of nitrogens with two attached hydrogens (primary N) is 1. The number of aryl methyl sites for hydroxylation is 3. The fourth-order valence-electron chi connectivity index (χ4n) is 3.26. The lowest BCUT2D eigenvalue weighted by atomic mass is 10.0. The number of rotatable bonds is 5. The van der Waals surface area contributed by atoms with Crippen molar-refractivity contribution in [2.75, 3.05) is 0 Å². The lowest BCUT2D eigenvalue weighted by Crippen LogP contribution is -2.04. The summed E-state index contributed by atoms with van der Waals surface area (Å²) in [6, 6.07) is 16.0. The van der Waals surface area contributed by atoms with Gasteiger partial charge in [0.25, 0.3) is 0 Å². The van der Waals surface area contributed by atoms with Gasteiger partial charge in [-0.1, -0.05) is 35.9 Å². The van der Waals surface area contributed by atoms with Crippen LogP contribution < -0.4 is 10.5 Å². The Hall–Kier alpha value is -2.85. The number of halogens is 1. The van der Waals surface area contributed by atoms with E-state index in [1.165, 1.54) is 22.3 Å². The zero-order valence-electron chi connectivity index (χ0n) is 16.7. The van der Waals surface area contributed by atoms with Gasteiger partial charge >= 0.3 is 0 Å². The van der Waals surface area contributed by atoms with Crippen LogP contribution in [-0.2, 0) is 6.61 Å². The molecule has 3 aromatic rings. The molecule has 0 spiro atoms. The lowest BCUT2D eigenvalue weighted by molar-refractivity contribution is 0.305. The average Bonchev–Trinajstić information content (AvgIpc) is 2.61. The van der Waals surface area contributed by atoms with E-state index < -0.39 is 0 Å². The molecule has 0 aliphatic rings. The van der Waals surface area contributed by atoms with Crippen molar-refractivity contribution >= 4 is 23.9 Å². The second kappa shape index (κ2) is 9.38. The number of benzene rings is 2. The molecule has 4 nitrogen and oxygen atoms in total. The molecule has 0 aliphatic carbocycles. The normalized spacial score (nSPS) is 11.1. The average molecular weight is 396 g/mol. The smallest absolute Gasteiger partial charge is 0.146 e. The van der Waals surface area contributed by atoms with Gasteiger partial charge in [0.1, 0.15) is 18.1 Å². The summed E-state index contributed by atoms with van der Waals surface area (Å²) in [6.45, 7) is 8.63. The monoisotopic (exact) mass is 395 g/mol. The Bertz CT molecular complexity index is 972. The van der Waals surface area contributed by atoms with Crippen LogP contribution in [0.2, 0.25) is 0 Å². The van der Waals surface area contributed by atoms with Crippen LogP contribution in [-0.4, -0.2) is 10.8 Å².